The van der Waals surface area contributed by atoms with Crippen LogP contribution in [0.2, 0.25) is 0 Å². The Kier molecular flexibility index (Phi) is 7.99. The average Bonchev–Trinajstić information content (AvgIpc) is 2.14. The van der Waals surface area contributed by atoms with Gasteiger partial charge in [-0.3, -0.25) is 4.79 Å². The third-order valence-corrected chi connectivity index (χ3v) is 2.78. The van der Waals surface area contributed by atoms with E-state index in [2.05, 4.69) is 11.6 Å². The number of hydrogen-bond acceptors (Lipinski definition) is 3. The van der Waals surface area contributed by atoms with Gasteiger partial charge in [-0.05, 0) is 31.8 Å². The summed E-state index contributed by atoms with van der Waals surface area (Å²) in [5.74, 6) is 1.16. The van der Waals surface area contributed by atoms with E-state index in [1.807, 2.05) is 13.8 Å². The lowest BCUT2D eigenvalue weighted by Crippen LogP contribution is -2.36. The first-order valence-electron chi connectivity index (χ1n) is 5.14. The third kappa shape index (κ3) is 7.21. The number of amides is 1. The highest BCUT2D eigenvalue weighted by atomic mass is 32.2. The molecule has 0 aliphatic rings. The van der Waals surface area contributed by atoms with Gasteiger partial charge < -0.3 is 11.1 Å². The molecule has 0 saturated heterocycles. The lowest BCUT2D eigenvalue weighted by Gasteiger charge is -2.14. The number of carbonyl (C=O) groups excluding carboxylic acids is 1. The molecular formula is C10H22N2OS. The molecule has 0 radical (unpaired) electrons. The van der Waals surface area contributed by atoms with Crippen LogP contribution in [0.4, 0.5) is 0 Å². The van der Waals surface area contributed by atoms with Gasteiger partial charge in [-0.25, -0.2) is 0 Å². The van der Waals surface area contributed by atoms with Gasteiger partial charge in [0.2, 0.25) is 5.91 Å². The molecule has 0 aromatic rings. The van der Waals surface area contributed by atoms with E-state index in [4.69, 9.17) is 5.73 Å². The highest BCUT2D eigenvalue weighted by molar-refractivity contribution is 7.98. The molecule has 14 heavy (non-hydrogen) atoms. The van der Waals surface area contributed by atoms with Crippen LogP contribution in [0.15, 0.2) is 0 Å². The molecule has 0 aromatic heterocycles. The van der Waals surface area contributed by atoms with Gasteiger partial charge in [0.15, 0.2) is 0 Å². The van der Waals surface area contributed by atoms with Crippen LogP contribution in [0.5, 0.6) is 0 Å². The van der Waals surface area contributed by atoms with E-state index in [9.17, 15) is 4.79 Å². The van der Waals surface area contributed by atoms with Gasteiger partial charge in [0.25, 0.3) is 0 Å². The highest BCUT2D eigenvalue weighted by Gasteiger charge is 2.10. The zero-order chi connectivity index (χ0) is 11.0. The highest BCUT2D eigenvalue weighted by Crippen LogP contribution is 2.01. The minimum atomic E-state index is 0.00255. The average molecular weight is 218 g/mol. The lowest BCUT2D eigenvalue weighted by molar-refractivity contribution is -0.122. The van der Waals surface area contributed by atoms with Crippen molar-refractivity contribution >= 4 is 17.7 Å². The molecule has 0 rings (SSSR count). The Morgan fingerprint density at radius 3 is 2.71 bits per heavy atom. The normalized spacial score (nSPS) is 14.9. The van der Waals surface area contributed by atoms with E-state index in [1.165, 1.54) is 0 Å². The summed E-state index contributed by atoms with van der Waals surface area (Å²) >= 11 is 1.80. The maximum absolute atomic E-state index is 11.4. The van der Waals surface area contributed by atoms with Gasteiger partial charge >= 0.3 is 0 Å². The van der Waals surface area contributed by atoms with E-state index >= 15 is 0 Å². The molecule has 84 valence electrons. The zero-order valence-corrected chi connectivity index (χ0v) is 10.2. The number of nitrogens with two attached hydrogens (primary N) is 1. The van der Waals surface area contributed by atoms with Crippen LogP contribution < -0.4 is 11.1 Å². The van der Waals surface area contributed by atoms with Gasteiger partial charge in [-0.2, -0.15) is 11.8 Å². The summed E-state index contributed by atoms with van der Waals surface area (Å²) in [5, 5.41) is 2.95. The van der Waals surface area contributed by atoms with Crippen molar-refractivity contribution < 1.29 is 4.79 Å². The molecule has 2 atom stereocenters. The second-order valence-corrected chi connectivity index (χ2v) is 4.61. The van der Waals surface area contributed by atoms with Gasteiger partial charge in [0.05, 0.1) is 0 Å². The molecule has 2 unspecified atom stereocenters. The maximum Gasteiger partial charge on any atom is 0.221 e. The van der Waals surface area contributed by atoms with Crippen LogP contribution >= 0.6 is 11.8 Å². The van der Waals surface area contributed by atoms with Gasteiger partial charge in [0, 0.05) is 18.5 Å². The zero-order valence-electron chi connectivity index (χ0n) is 9.38. The minimum absolute atomic E-state index is 0.00255. The molecule has 0 aromatic carbocycles. The van der Waals surface area contributed by atoms with Crippen molar-refractivity contribution in [2.45, 2.75) is 45.2 Å². The summed E-state index contributed by atoms with van der Waals surface area (Å²) in [6, 6.07) is 0.266. The third-order valence-electron chi connectivity index (χ3n) is 2.13. The topological polar surface area (TPSA) is 55.1 Å². The van der Waals surface area contributed by atoms with Crippen LogP contribution in [0, 0.1) is 0 Å². The fourth-order valence-corrected chi connectivity index (χ4v) is 1.67. The summed E-state index contributed by atoms with van der Waals surface area (Å²) in [4.78, 5) is 11.4. The SMILES string of the molecule is CCC(N)CC(=O)NC(C)CCSC. The van der Waals surface area contributed by atoms with Crippen LogP contribution in [0.3, 0.4) is 0 Å². The summed E-state index contributed by atoms with van der Waals surface area (Å²) in [5.41, 5.74) is 5.68. The number of carbonyl (C=O) groups is 1. The molecular weight excluding hydrogens is 196 g/mol. The summed E-state index contributed by atoms with van der Waals surface area (Å²) in [6.07, 6.45) is 4.39. The lowest BCUT2D eigenvalue weighted by atomic mass is 10.1. The predicted octanol–water partition coefficient (Wildman–Crippen LogP) is 1.37. The van der Waals surface area contributed by atoms with Crippen LogP contribution in [-0.4, -0.2) is 30.0 Å². The van der Waals surface area contributed by atoms with E-state index in [-0.39, 0.29) is 18.0 Å². The second kappa shape index (κ2) is 8.12. The van der Waals surface area contributed by atoms with Crippen LogP contribution in [0.25, 0.3) is 0 Å². The maximum atomic E-state index is 11.4. The van der Waals surface area contributed by atoms with E-state index in [0.29, 0.717) is 6.42 Å². The smallest absolute Gasteiger partial charge is 0.221 e. The largest absolute Gasteiger partial charge is 0.354 e. The minimum Gasteiger partial charge on any atom is -0.354 e. The Morgan fingerprint density at radius 1 is 1.57 bits per heavy atom. The molecule has 1 amide bonds. The Balaban J connectivity index is 3.60. The number of nitrogens with one attached hydrogen (secondary N) is 1. The molecule has 0 bridgehead atoms. The quantitative estimate of drug-likeness (QED) is 0.678. The molecule has 3 N–H and O–H groups in total. The van der Waals surface area contributed by atoms with Gasteiger partial charge in [0.1, 0.15) is 0 Å². The fourth-order valence-electron chi connectivity index (χ4n) is 1.08. The molecule has 0 spiro atoms. The van der Waals surface area contributed by atoms with Crippen molar-refractivity contribution in [3.05, 3.63) is 0 Å². The summed E-state index contributed by atoms with van der Waals surface area (Å²) in [6.45, 7) is 4.03. The summed E-state index contributed by atoms with van der Waals surface area (Å²) < 4.78 is 0. The van der Waals surface area contributed by atoms with Crippen LogP contribution in [-0.2, 0) is 4.79 Å². The van der Waals surface area contributed by atoms with E-state index < -0.39 is 0 Å². The fraction of sp³-hybridized carbons (Fsp3) is 0.900. The Hall–Kier alpha value is -0.220. The van der Waals surface area contributed by atoms with Crippen molar-refractivity contribution in [2.24, 2.45) is 5.73 Å². The molecule has 3 nitrogen and oxygen atoms in total. The molecule has 4 heteroatoms. The monoisotopic (exact) mass is 218 g/mol. The molecule has 0 aliphatic heterocycles. The van der Waals surface area contributed by atoms with E-state index in [0.717, 1.165) is 18.6 Å². The first-order chi connectivity index (χ1) is 6.60. The predicted molar refractivity (Wildman–Crippen MR) is 63.5 cm³/mol. The number of thioether (sulfide) groups is 1. The van der Waals surface area contributed by atoms with Crippen LogP contribution in [0.1, 0.15) is 33.1 Å². The van der Waals surface area contributed by atoms with Crippen molar-refractivity contribution in [3.63, 3.8) is 0 Å². The second-order valence-electron chi connectivity index (χ2n) is 3.62. The van der Waals surface area contributed by atoms with Crippen molar-refractivity contribution in [1.82, 2.24) is 5.32 Å². The van der Waals surface area contributed by atoms with E-state index in [1.54, 1.807) is 11.8 Å². The Morgan fingerprint density at radius 2 is 2.21 bits per heavy atom. The van der Waals surface area contributed by atoms with Gasteiger partial charge in [-0.1, -0.05) is 6.92 Å². The van der Waals surface area contributed by atoms with Gasteiger partial charge in [-0.15, -0.1) is 0 Å². The summed E-state index contributed by atoms with van der Waals surface area (Å²) in [7, 11) is 0. The molecule has 0 heterocycles. The Bertz CT molecular complexity index is 164. The molecule has 0 aliphatic carbocycles. The first-order valence-corrected chi connectivity index (χ1v) is 6.53. The standard InChI is InChI=1S/C10H22N2OS/c1-4-9(11)7-10(13)12-8(2)5-6-14-3/h8-9H,4-7,11H2,1-3H3,(H,12,13). The number of rotatable bonds is 7. The molecule has 0 saturated carbocycles. The van der Waals surface area contributed by atoms with Crippen molar-refractivity contribution in [3.8, 4) is 0 Å². The van der Waals surface area contributed by atoms with Crippen molar-refractivity contribution in [2.75, 3.05) is 12.0 Å². The molecule has 0 fully saturated rings. The number of hydrogen-bond donors (Lipinski definition) is 2. The Labute approximate surface area is 91.2 Å². The van der Waals surface area contributed by atoms with Crippen molar-refractivity contribution in [1.29, 1.82) is 0 Å². The first kappa shape index (κ1) is 13.8.